The maximum Gasteiger partial charge on any atom is 0.119 e. The van der Waals surface area contributed by atoms with E-state index in [2.05, 4.69) is 23.5 Å². The van der Waals surface area contributed by atoms with Crippen LogP contribution in [0, 0.1) is 5.92 Å². The molecular formula is C18H27NO2. The first-order valence-electron chi connectivity index (χ1n) is 8.27. The predicted molar refractivity (Wildman–Crippen MR) is 84.8 cm³/mol. The van der Waals surface area contributed by atoms with Gasteiger partial charge >= 0.3 is 0 Å². The zero-order chi connectivity index (χ0) is 14.7. The van der Waals surface area contributed by atoms with Crippen LogP contribution in [0.5, 0.6) is 5.75 Å². The smallest absolute Gasteiger partial charge is 0.119 e. The summed E-state index contributed by atoms with van der Waals surface area (Å²) in [5, 5.41) is 3.45. The molecule has 2 aliphatic rings. The van der Waals surface area contributed by atoms with E-state index < -0.39 is 0 Å². The van der Waals surface area contributed by atoms with Crippen molar-refractivity contribution in [1.29, 1.82) is 0 Å². The van der Waals surface area contributed by atoms with Crippen LogP contribution in [0.3, 0.4) is 0 Å². The van der Waals surface area contributed by atoms with Crippen LogP contribution in [0.2, 0.25) is 0 Å². The quantitative estimate of drug-likeness (QED) is 0.869. The maximum atomic E-state index is 6.22. The van der Waals surface area contributed by atoms with Crippen molar-refractivity contribution in [2.24, 2.45) is 5.92 Å². The Morgan fingerprint density at radius 1 is 1.24 bits per heavy atom. The Bertz CT molecular complexity index is 470. The Morgan fingerprint density at radius 3 is 2.76 bits per heavy atom. The molecule has 0 saturated heterocycles. The van der Waals surface area contributed by atoms with E-state index in [0.29, 0.717) is 0 Å². The van der Waals surface area contributed by atoms with Crippen molar-refractivity contribution in [2.75, 3.05) is 20.8 Å². The van der Waals surface area contributed by atoms with Gasteiger partial charge in [0.15, 0.2) is 0 Å². The van der Waals surface area contributed by atoms with E-state index in [1.54, 1.807) is 7.11 Å². The molecule has 116 valence electrons. The van der Waals surface area contributed by atoms with Gasteiger partial charge in [0.2, 0.25) is 0 Å². The molecule has 2 aliphatic carbocycles. The highest BCUT2D eigenvalue weighted by molar-refractivity contribution is 5.40. The molecule has 1 aromatic rings. The monoisotopic (exact) mass is 289 g/mol. The molecule has 3 rings (SSSR count). The predicted octanol–water partition coefficient (Wildman–Crippen LogP) is 3.48. The third kappa shape index (κ3) is 3.24. The van der Waals surface area contributed by atoms with Gasteiger partial charge in [-0.05, 0) is 55.5 Å². The van der Waals surface area contributed by atoms with Crippen molar-refractivity contribution in [1.82, 2.24) is 5.32 Å². The van der Waals surface area contributed by atoms with E-state index >= 15 is 0 Å². The molecule has 1 fully saturated rings. The second-order valence-corrected chi connectivity index (χ2v) is 6.36. The summed E-state index contributed by atoms with van der Waals surface area (Å²) < 4.78 is 11.6. The zero-order valence-electron chi connectivity index (χ0n) is 13.2. The van der Waals surface area contributed by atoms with Crippen molar-refractivity contribution in [3.63, 3.8) is 0 Å². The summed E-state index contributed by atoms with van der Waals surface area (Å²) in [6.07, 6.45) is 7.96. The Kier molecular flexibility index (Phi) is 4.81. The van der Waals surface area contributed by atoms with Crippen molar-refractivity contribution in [3.8, 4) is 5.75 Å². The van der Waals surface area contributed by atoms with E-state index in [-0.39, 0.29) is 12.1 Å². The highest BCUT2D eigenvalue weighted by Gasteiger charge is 2.30. The molecule has 1 aromatic carbocycles. The third-order valence-electron chi connectivity index (χ3n) is 5.15. The second kappa shape index (κ2) is 6.80. The summed E-state index contributed by atoms with van der Waals surface area (Å²) in [7, 11) is 3.76. The second-order valence-electron chi connectivity index (χ2n) is 6.36. The SMILES string of the molecule is CNC1c2cc(OC)ccc2CCC1OCCC1CCC1. The van der Waals surface area contributed by atoms with Crippen LogP contribution >= 0.6 is 0 Å². The summed E-state index contributed by atoms with van der Waals surface area (Å²) in [6.45, 7) is 0.910. The van der Waals surface area contributed by atoms with Crippen LogP contribution in [0.4, 0.5) is 0 Å². The fourth-order valence-electron chi connectivity index (χ4n) is 3.57. The van der Waals surface area contributed by atoms with Gasteiger partial charge in [-0.3, -0.25) is 0 Å². The summed E-state index contributed by atoms with van der Waals surface area (Å²) in [6, 6.07) is 6.70. The van der Waals surface area contributed by atoms with E-state index in [1.807, 2.05) is 7.05 Å². The molecular weight excluding hydrogens is 262 g/mol. The van der Waals surface area contributed by atoms with E-state index in [9.17, 15) is 0 Å². The fraction of sp³-hybridized carbons (Fsp3) is 0.667. The molecule has 3 heteroatoms. The molecule has 0 aliphatic heterocycles. The summed E-state index contributed by atoms with van der Waals surface area (Å²) >= 11 is 0. The van der Waals surface area contributed by atoms with Gasteiger partial charge in [-0.25, -0.2) is 0 Å². The maximum absolute atomic E-state index is 6.22. The van der Waals surface area contributed by atoms with Crippen LogP contribution in [0.1, 0.15) is 49.3 Å². The highest BCUT2D eigenvalue weighted by Crippen LogP contribution is 2.35. The van der Waals surface area contributed by atoms with Gasteiger partial charge in [0.05, 0.1) is 19.3 Å². The number of ether oxygens (including phenoxy) is 2. The van der Waals surface area contributed by atoms with Gasteiger partial charge in [-0.15, -0.1) is 0 Å². The highest BCUT2D eigenvalue weighted by atomic mass is 16.5. The van der Waals surface area contributed by atoms with E-state index in [4.69, 9.17) is 9.47 Å². The number of fused-ring (bicyclic) bond motifs is 1. The number of benzene rings is 1. The first-order chi connectivity index (χ1) is 10.3. The number of nitrogens with one attached hydrogen (secondary N) is 1. The fourth-order valence-corrected chi connectivity index (χ4v) is 3.57. The molecule has 2 atom stereocenters. The number of aryl methyl sites for hydroxylation is 1. The van der Waals surface area contributed by atoms with Crippen molar-refractivity contribution in [3.05, 3.63) is 29.3 Å². The van der Waals surface area contributed by atoms with Crippen molar-refractivity contribution in [2.45, 2.75) is 50.7 Å². The van der Waals surface area contributed by atoms with Crippen LogP contribution in [-0.2, 0) is 11.2 Å². The minimum Gasteiger partial charge on any atom is -0.497 e. The van der Waals surface area contributed by atoms with Crippen LogP contribution in [0.15, 0.2) is 18.2 Å². The number of rotatable bonds is 6. The lowest BCUT2D eigenvalue weighted by atomic mass is 9.83. The van der Waals surface area contributed by atoms with Crippen LogP contribution in [0.25, 0.3) is 0 Å². The van der Waals surface area contributed by atoms with E-state index in [1.165, 1.54) is 36.8 Å². The number of methoxy groups -OCH3 is 1. The van der Waals surface area contributed by atoms with Gasteiger partial charge in [0, 0.05) is 6.61 Å². The molecule has 0 heterocycles. The zero-order valence-corrected chi connectivity index (χ0v) is 13.2. The first kappa shape index (κ1) is 14.9. The minimum atomic E-state index is 0.283. The van der Waals surface area contributed by atoms with Gasteiger partial charge < -0.3 is 14.8 Å². The molecule has 0 spiro atoms. The number of hydrogen-bond donors (Lipinski definition) is 1. The molecule has 3 nitrogen and oxygen atoms in total. The van der Waals surface area contributed by atoms with Gasteiger partial charge in [0.25, 0.3) is 0 Å². The molecule has 21 heavy (non-hydrogen) atoms. The molecule has 0 aromatic heterocycles. The van der Waals surface area contributed by atoms with Gasteiger partial charge in [0.1, 0.15) is 5.75 Å². The van der Waals surface area contributed by atoms with Crippen molar-refractivity contribution < 1.29 is 9.47 Å². The van der Waals surface area contributed by atoms with Crippen LogP contribution in [-0.4, -0.2) is 26.9 Å². The number of hydrogen-bond acceptors (Lipinski definition) is 3. The topological polar surface area (TPSA) is 30.5 Å². The average Bonchev–Trinajstić information content (AvgIpc) is 2.48. The van der Waals surface area contributed by atoms with Gasteiger partial charge in [-0.2, -0.15) is 0 Å². The summed E-state index contributed by atoms with van der Waals surface area (Å²) in [5.74, 6) is 1.86. The van der Waals surface area contributed by atoms with Crippen molar-refractivity contribution >= 4 is 0 Å². The molecule has 0 amide bonds. The lowest BCUT2D eigenvalue weighted by Gasteiger charge is -2.34. The lowest BCUT2D eigenvalue weighted by Crippen LogP contribution is -2.36. The molecule has 1 saturated carbocycles. The normalized spacial score (nSPS) is 25.2. The lowest BCUT2D eigenvalue weighted by molar-refractivity contribution is 0.00624. The Hall–Kier alpha value is -1.06. The third-order valence-corrected chi connectivity index (χ3v) is 5.15. The molecule has 0 bridgehead atoms. The Labute approximate surface area is 128 Å². The van der Waals surface area contributed by atoms with Gasteiger partial charge in [-0.1, -0.05) is 25.3 Å². The summed E-state index contributed by atoms with van der Waals surface area (Å²) in [5.41, 5.74) is 2.77. The van der Waals surface area contributed by atoms with E-state index in [0.717, 1.165) is 31.1 Å². The molecule has 1 N–H and O–H groups in total. The van der Waals surface area contributed by atoms with Crippen LogP contribution < -0.4 is 10.1 Å². The molecule has 0 radical (unpaired) electrons. The summed E-state index contributed by atoms with van der Waals surface area (Å²) in [4.78, 5) is 0. The Morgan fingerprint density at radius 2 is 2.10 bits per heavy atom. The largest absolute Gasteiger partial charge is 0.497 e. The average molecular weight is 289 g/mol. The standard InChI is InChI=1S/C18H27NO2/c1-19-18-16-12-15(20-2)8-6-14(16)7-9-17(18)21-11-10-13-4-3-5-13/h6,8,12-13,17-19H,3-5,7,9-11H2,1-2H3. The Balaban J connectivity index is 1.65. The minimum absolute atomic E-state index is 0.283. The first-order valence-corrected chi connectivity index (χ1v) is 8.27. The molecule has 2 unspecified atom stereocenters. The number of likely N-dealkylation sites (N-methyl/N-ethyl adjacent to an activating group) is 1.